The van der Waals surface area contributed by atoms with Crippen molar-refractivity contribution in [2.45, 2.75) is 6.04 Å². The smallest absolute Gasteiger partial charge is 0.220 e. The van der Waals surface area contributed by atoms with Crippen LogP contribution in [0, 0.1) is 0 Å². The first kappa shape index (κ1) is 15.2. The maximum absolute atomic E-state index is 7.93. The second kappa shape index (κ2) is 6.27. The maximum atomic E-state index is 7.93. The zero-order valence-electron chi connectivity index (χ0n) is 13.6. The van der Waals surface area contributed by atoms with Crippen molar-refractivity contribution >= 4 is 17.3 Å². The molecule has 1 aliphatic rings. The topological polar surface area (TPSA) is 87.5 Å². The van der Waals surface area contributed by atoms with E-state index in [1.165, 1.54) is 0 Å². The Morgan fingerprint density at radius 3 is 2.56 bits per heavy atom. The highest BCUT2D eigenvalue weighted by Gasteiger charge is 2.33. The zero-order chi connectivity index (χ0) is 17.2. The molecule has 1 atom stereocenters. The van der Waals surface area contributed by atoms with Crippen LogP contribution in [0.3, 0.4) is 0 Å². The molecule has 25 heavy (non-hydrogen) atoms. The van der Waals surface area contributed by atoms with Gasteiger partial charge < -0.3 is 9.64 Å². The lowest BCUT2D eigenvalue weighted by Gasteiger charge is -2.22. The minimum absolute atomic E-state index is 0.0349. The van der Waals surface area contributed by atoms with E-state index < -0.39 is 0 Å². The first-order valence-electron chi connectivity index (χ1n) is 7.85. The first-order valence-corrected chi connectivity index (χ1v) is 7.85. The van der Waals surface area contributed by atoms with Crippen molar-refractivity contribution < 1.29 is 9.37 Å². The lowest BCUT2D eigenvalue weighted by molar-refractivity contribution is 0.307. The lowest BCUT2D eigenvalue weighted by Crippen LogP contribution is -2.29. The molecule has 0 saturated carbocycles. The van der Waals surface area contributed by atoms with Gasteiger partial charge in [0.2, 0.25) is 5.82 Å². The van der Waals surface area contributed by atoms with E-state index in [2.05, 4.69) is 10.3 Å². The number of hydrogen-bond donors (Lipinski definition) is 0. The quantitative estimate of drug-likeness (QED) is 0.732. The molecule has 0 aliphatic carbocycles. The van der Waals surface area contributed by atoms with E-state index in [9.17, 15) is 0 Å². The number of aliphatic imine (C=N–C) groups is 1. The third kappa shape index (κ3) is 2.69. The largest absolute Gasteiger partial charge is 0.495 e. The van der Waals surface area contributed by atoms with Gasteiger partial charge in [-0.1, -0.05) is 42.5 Å². The van der Waals surface area contributed by atoms with Gasteiger partial charge in [0.1, 0.15) is 5.75 Å². The Bertz CT molecular complexity index is 907. The summed E-state index contributed by atoms with van der Waals surface area (Å²) in [6.07, 6.45) is 0. The highest BCUT2D eigenvalue weighted by molar-refractivity contribution is 6.12. The molecule has 1 aromatic heterocycles. The number of amidine groups is 1. The summed E-state index contributed by atoms with van der Waals surface area (Å²) in [7, 11) is 1.63. The Kier molecular flexibility index (Phi) is 3.81. The SMILES string of the molecule is COc1ccccc1N1CC(c2ccccc2)N=C1c1nonc1[NH]. The predicted octanol–water partition coefficient (Wildman–Crippen LogP) is 3.00. The van der Waals surface area contributed by atoms with Crippen molar-refractivity contribution in [3.05, 3.63) is 65.9 Å². The molecule has 1 radical (unpaired) electrons. The number of benzene rings is 2. The van der Waals surface area contributed by atoms with Crippen LogP contribution in [0.5, 0.6) is 5.75 Å². The summed E-state index contributed by atoms with van der Waals surface area (Å²) < 4.78 is 10.2. The molecule has 0 bridgehead atoms. The monoisotopic (exact) mass is 334 g/mol. The Hall–Kier alpha value is -3.35. The van der Waals surface area contributed by atoms with Gasteiger partial charge >= 0.3 is 0 Å². The lowest BCUT2D eigenvalue weighted by atomic mass is 10.1. The van der Waals surface area contributed by atoms with E-state index in [0.29, 0.717) is 18.1 Å². The van der Waals surface area contributed by atoms with Crippen LogP contribution in [0.15, 0.2) is 64.2 Å². The van der Waals surface area contributed by atoms with Gasteiger partial charge in [-0.05, 0) is 28.0 Å². The molecule has 1 unspecified atom stereocenters. The third-order valence-corrected chi connectivity index (χ3v) is 4.15. The molecule has 0 spiro atoms. The molecule has 1 N–H and O–H groups in total. The van der Waals surface area contributed by atoms with E-state index in [4.69, 9.17) is 20.1 Å². The van der Waals surface area contributed by atoms with Gasteiger partial charge in [0.05, 0.1) is 25.4 Å². The van der Waals surface area contributed by atoms with E-state index in [1.807, 2.05) is 59.5 Å². The van der Waals surface area contributed by atoms with Gasteiger partial charge in [-0.3, -0.25) is 10.7 Å². The van der Waals surface area contributed by atoms with Gasteiger partial charge in [-0.25, -0.2) is 4.63 Å². The number of nitrogens with one attached hydrogen (secondary N) is 1. The number of nitrogens with zero attached hydrogens (tertiary/aromatic N) is 4. The molecular weight excluding hydrogens is 318 g/mol. The van der Waals surface area contributed by atoms with Gasteiger partial charge in [0, 0.05) is 0 Å². The number of rotatable bonds is 4. The van der Waals surface area contributed by atoms with Crippen LogP contribution in [0.25, 0.3) is 0 Å². The fourth-order valence-corrected chi connectivity index (χ4v) is 2.96. The Morgan fingerprint density at radius 1 is 1.08 bits per heavy atom. The van der Waals surface area contributed by atoms with Gasteiger partial charge in [-0.15, -0.1) is 0 Å². The summed E-state index contributed by atoms with van der Waals surface area (Å²) in [6.45, 7) is 0.617. The van der Waals surface area contributed by atoms with Crippen LogP contribution in [-0.4, -0.2) is 29.8 Å². The van der Waals surface area contributed by atoms with Gasteiger partial charge in [0.15, 0.2) is 11.5 Å². The number of methoxy groups -OCH3 is 1. The number of aromatic nitrogens is 2. The van der Waals surface area contributed by atoms with Crippen LogP contribution >= 0.6 is 0 Å². The summed E-state index contributed by atoms with van der Waals surface area (Å²) in [5, 5.41) is 7.44. The average Bonchev–Trinajstić information content (AvgIpc) is 3.28. The third-order valence-electron chi connectivity index (χ3n) is 4.15. The Labute approximate surface area is 144 Å². The number of anilines is 1. The molecule has 7 nitrogen and oxygen atoms in total. The molecule has 7 heteroatoms. The van der Waals surface area contributed by atoms with Crippen LogP contribution in [0.2, 0.25) is 0 Å². The minimum Gasteiger partial charge on any atom is -0.495 e. The molecular formula is C18H16N5O2. The first-order chi connectivity index (χ1) is 12.3. The fraction of sp³-hybridized carbons (Fsp3) is 0.167. The molecule has 4 rings (SSSR count). The summed E-state index contributed by atoms with van der Waals surface area (Å²) in [5.41, 5.74) is 10.2. The van der Waals surface area contributed by atoms with Gasteiger partial charge in [0.25, 0.3) is 0 Å². The van der Waals surface area contributed by atoms with E-state index >= 15 is 0 Å². The van der Waals surface area contributed by atoms with Crippen molar-refractivity contribution in [2.75, 3.05) is 18.6 Å². The van der Waals surface area contributed by atoms with Crippen molar-refractivity contribution in [3.8, 4) is 5.75 Å². The highest BCUT2D eigenvalue weighted by Crippen LogP contribution is 2.36. The normalized spacial score (nSPS) is 16.8. The Morgan fingerprint density at radius 2 is 1.84 bits per heavy atom. The highest BCUT2D eigenvalue weighted by atomic mass is 16.6. The molecule has 0 saturated heterocycles. The van der Waals surface area contributed by atoms with Crippen LogP contribution in [0.4, 0.5) is 11.5 Å². The van der Waals surface area contributed by atoms with Crippen LogP contribution in [-0.2, 0) is 0 Å². The predicted molar refractivity (Wildman–Crippen MR) is 93.1 cm³/mol. The van der Waals surface area contributed by atoms with Crippen LogP contribution in [0.1, 0.15) is 17.3 Å². The summed E-state index contributed by atoms with van der Waals surface area (Å²) in [5.74, 6) is 1.25. The van der Waals surface area contributed by atoms with E-state index in [-0.39, 0.29) is 11.9 Å². The Balaban J connectivity index is 1.80. The van der Waals surface area contributed by atoms with E-state index in [0.717, 1.165) is 17.0 Å². The number of para-hydroxylation sites is 2. The second-order valence-corrected chi connectivity index (χ2v) is 5.62. The molecule has 125 valence electrons. The summed E-state index contributed by atoms with van der Waals surface area (Å²) in [4.78, 5) is 6.79. The summed E-state index contributed by atoms with van der Waals surface area (Å²) >= 11 is 0. The molecule has 2 aromatic carbocycles. The average molecular weight is 334 g/mol. The zero-order valence-corrected chi connectivity index (χ0v) is 13.6. The van der Waals surface area contributed by atoms with Crippen LogP contribution < -0.4 is 15.4 Å². The minimum atomic E-state index is -0.0720. The van der Waals surface area contributed by atoms with E-state index in [1.54, 1.807) is 7.11 Å². The van der Waals surface area contributed by atoms with Crippen molar-refractivity contribution in [1.82, 2.24) is 16.0 Å². The van der Waals surface area contributed by atoms with Crippen molar-refractivity contribution in [3.63, 3.8) is 0 Å². The molecule has 2 heterocycles. The number of ether oxygens (including phenoxy) is 1. The maximum Gasteiger partial charge on any atom is 0.220 e. The fourth-order valence-electron chi connectivity index (χ4n) is 2.96. The standard InChI is InChI=1S/C18H16N5O2/c1-24-15-10-6-5-9-14(15)23-11-13(12-7-3-2-4-8-12)20-18(23)16-17(19)22-25-21-16/h2-10,13,19H,11H2,1H3. The summed E-state index contributed by atoms with van der Waals surface area (Å²) in [6, 6.07) is 17.7. The van der Waals surface area contributed by atoms with Gasteiger partial charge in [-0.2, -0.15) is 0 Å². The molecule has 0 amide bonds. The molecule has 1 aliphatic heterocycles. The molecule has 3 aromatic rings. The molecule has 0 fully saturated rings. The van der Waals surface area contributed by atoms with Crippen molar-refractivity contribution in [2.24, 2.45) is 4.99 Å². The van der Waals surface area contributed by atoms with Crippen molar-refractivity contribution in [1.29, 1.82) is 0 Å². The number of hydrogen-bond acceptors (Lipinski definition) is 6. The second-order valence-electron chi connectivity index (χ2n) is 5.62.